The van der Waals surface area contributed by atoms with Crippen molar-refractivity contribution in [2.45, 2.75) is 38.6 Å². The summed E-state index contributed by atoms with van der Waals surface area (Å²) >= 11 is 5.93. The molecule has 2 aromatic rings. The zero-order chi connectivity index (χ0) is 16.4. The topological polar surface area (TPSA) is 75.0 Å². The molecule has 2 heterocycles. The maximum atomic E-state index is 12.5. The molecule has 1 unspecified atom stereocenters. The summed E-state index contributed by atoms with van der Waals surface area (Å²) in [4.78, 5) is 20.1. The first-order valence-corrected chi connectivity index (χ1v) is 8.38. The van der Waals surface area contributed by atoms with Gasteiger partial charge in [0.25, 0.3) is 5.56 Å². The van der Waals surface area contributed by atoms with Crippen LogP contribution in [0.3, 0.4) is 0 Å². The third-order valence-corrected chi connectivity index (χ3v) is 4.58. The number of rotatable bonds is 4. The number of hydrogen-bond donors (Lipinski definition) is 2. The summed E-state index contributed by atoms with van der Waals surface area (Å²) < 4.78 is 0. The lowest BCUT2D eigenvalue weighted by Crippen LogP contribution is -2.43. The van der Waals surface area contributed by atoms with Crippen LogP contribution in [0, 0.1) is 0 Å². The van der Waals surface area contributed by atoms with Crippen molar-refractivity contribution in [3.63, 3.8) is 0 Å². The van der Waals surface area contributed by atoms with Gasteiger partial charge in [-0.25, -0.2) is 9.99 Å². The Morgan fingerprint density at radius 2 is 2.13 bits per heavy atom. The van der Waals surface area contributed by atoms with E-state index in [9.17, 15) is 4.79 Å². The molecule has 122 valence electrons. The van der Waals surface area contributed by atoms with Crippen molar-refractivity contribution in [1.82, 2.24) is 15.0 Å². The lowest BCUT2D eigenvalue weighted by atomic mass is 9.96. The van der Waals surface area contributed by atoms with E-state index in [2.05, 4.69) is 11.9 Å². The first-order valence-electron chi connectivity index (χ1n) is 8.00. The Morgan fingerprint density at radius 1 is 1.39 bits per heavy atom. The molecule has 1 aromatic heterocycles. The van der Waals surface area contributed by atoms with Crippen molar-refractivity contribution in [3.05, 3.63) is 50.9 Å². The molecule has 0 fully saturated rings. The van der Waals surface area contributed by atoms with Gasteiger partial charge in [-0.2, -0.15) is 0 Å². The summed E-state index contributed by atoms with van der Waals surface area (Å²) in [6, 6.07) is 7.31. The Labute approximate surface area is 140 Å². The number of unbranched alkanes of at least 4 members (excludes halogenated alkanes) is 1. The Kier molecular flexibility index (Phi) is 4.80. The molecule has 3 N–H and O–H groups in total. The monoisotopic (exact) mass is 332 g/mol. The fourth-order valence-corrected chi connectivity index (χ4v) is 3.16. The van der Waals surface area contributed by atoms with E-state index in [1.165, 1.54) is 0 Å². The molecule has 1 aliphatic rings. The van der Waals surface area contributed by atoms with Crippen molar-refractivity contribution >= 4 is 11.6 Å². The minimum Gasteiger partial charge on any atom is -0.306 e. The van der Waals surface area contributed by atoms with E-state index in [-0.39, 0.29) is 11.6 Å². The number of fused-ring (bicyclic) bond motifs is 1. The fourth-order valence-electron chi connectivity index (χ4n) is 3.03. The standard InChI is InChI=1S/C17H21ClN4O/c1-2-3-4-14-15-13(9-10-22(14)19)17(23)21-16(20-15)11-5-7-12(18)8-6-11/h5-8,14H,2-4,9-10,19H2,1H3,(H,20,21,23). The first-order chi connectivity index (χ1) is 11.1. The molecule has 0 amide bonds. The minimum absolute atomic E-state index is 0.00653. The van der Waals surface area contributed by atoms with Crippen LogP contribution in [-0.4, -0.2) is 21.5 Å². The maximum Gasteiger partial charge on any atom is 0.254 e. The zero-order valence-electron chi connectivity index (χ0n) is 13.2. The number of hydrogen-bond acceptors (Lipinski definition) is 4. The molecule has 0 spiro atoms. The van der Waals surface area contributed by atoms with Gasteiger partial charge < -0.3 is 4.98 Å². The number of nitrogens with one attached hydrogen (secondary N) is 1. The summed E-state index contributed by atoms with van der Waals surface area (Å²) in [6.45, 7) is 2.83. The van der Waals surface area contributed by atoms with Crippen LogP contribution >= 0.6 is 11.6 Å². The van der Waals surface area contributed by atoms with E-state index < -0.39 is 0 Å². The highest BCUT2D eigenvalue weighted by Gasteiger charge is 2.29. The molecule has 0 radical (unpaired) electrons. The van der Waals surface area contributed by atoms with E-state index in [0.717, 1.165) is 36.1 Å². The number of aromatic nitrogens is 2. The number of hydrazine groups is 1. The van der Waals surface area contributed by atoms with Gasteiger partial charge in [-0.15, -0.1) is 0 Å². The molecule has 6 heteroatoms. The van der Waals surface area contributed by atoms with Crippen LogP contribution in [0.4, 0.5) is 0 Å². The molecule has 3 rings (SSSR count). The van der Waals surface area contributed by atoms with Gasteiger partial charge in [-0.3, -0.25) is 10.6 Å². The molecule has 0 saturated heterocycles. The second-order valence-corrected chi connectivity index (χ2v) is 6.37. The Bertz CT molecular complexity index is 741. The molecule has 1 atom stereocenters. The number of halogens is 1. The second kappa shape index (κ2) is 6.83. The van der Waals surface area contributed by atoms with Crippen LogP contribution in [0.1, 0.15) is 43.5 Å². The third-order valence-electron chi connectivity index (χ3n) is 4.33. The van der Waals surface area contributed by atoms with Crippen LogP contribution in [-0.2, 0) is 6.42 Å². The van der Waals surface area contributed by atoms with E-state index in [1.54, 1.807) is 12.1 Å². The highest BCUT2D eigenvalue weighted by Crippen LogP contribution is 2.29. The Balaban J connectivity index is 2.05. The molecular formula is C17H21ClN4O. The highest BCUT2D eigenvalue weighted by molar-refractivity contribution is 6.30. The van der Waals surface area contributed by atoms with Crippen molar-refractivity contribution < 1.29 is 0 Å². The average molecular weight is 333 g/mol. The lowest BCUT2D eigenvalue weighted by molar-refractivity contribution is 0.171. The van der Waals surface area contributed by atoms with Crippen LogP contribution in [0.2, 0.25) is 5.02 Å². The van der Waals surface area contributed by atoms with Crippen LogP contribution in [0.5, 0.6) is 0 Å². The summed E-state index contributed by atoms with van der Waals surface area (Å²) in [5.41, 5.74) is 2.37. The molecule has 0 bridgehead atoms. The van der Waals surface area contributed by atoms with Gasteiger partial charge in [0.1, 0.15) is 5.82 Å². The van der Waals surface area contributed by atoms with Crippen LogP contribution < -0.4 is 11.4 Å². The van der Waals surface area contributed by atoms with E-state index in [0.29, 0.717) is 23.8 Å². The first kappa shape index (κ1) is 16.2. The molecule has 0 saturated carbocycles. The van der Waals surface area contributed by atoms with E-state index in [4.69, 9.17) is 22.4 Å². The van der Waals surface area contributed by atoms with Gasteiger partial charge >= 0.3 is 0 Å². The fraction of sp³-hybridized carbons (Fsp3) is 0.412. The molecule has 0 aliphatic carbocycles. The lowest BCUT2D eigenvalue weighted by Gasteiger charge is -2.32. The molecular weight excluding hydrogens is 312 g/mol. The normalized spacial score (nSPS) is 18.0. The zero-order valence-corrected chi connectivity index (χ0v) is 13.9. The number of aromatic amines is 1. The summed E-state index contributed by atoms with van der Waals surface area (Å²) in [5, 5.41) is 2.47. The van der Waals surface area contributed by atoms with Gasteiger partial charge in [0, 0.05) is 22.7 Å². The Hall–Kier alpha value is -1.69. The SMILES string of the molecule is CCCCC1c2nc(-c3ccc(Cl)cc3)[nH]c(=O)c2CCN1N. The predicted molar refractivity (Wildman–Crippen MR) is 92.2 cm³/mol. The third kappa shape index (κ3) is 3.32. The number of H-pyrrole nitrogens is 1. The quantitative estimate of drug-likeness (QED) is 0.844. The number of nitrogens with two attached hydrogens (primary N) is 1. The maximum absolute atomic E-state index is 12.5. The van der Waals surface area contributed by atoms with E-state index >= 15 is 0 Å². The summed E-state index contributed by atoms with van der Waals surface area (Å²) in [6.07, 6.45) is 3.70. The molecule has 1 aliphatic heterocycles. The van der Waals surface area contributed by atoms with E-state index in [1.807, 2.05) is 17.1 Å². The number of benzene rings is 1. The van der Waals surface area contributed by atoms with Gasteiger partial charge in [0.2, 0.25) is 0 Å². The van der Waals surface area contributed by atoms with Crippen molar-refractivity contribution in [3.8, 4) is 11.4 Å². The molecule has 23 heavy (non-hydrogen) atoms. The average Bonchev–Trinajstić information content (AvgIpc) is 2.54. The van der Waals surface area contributed by atoms with Crippen molar-refractivity contribution in [1.29, 1.82) is 0 Å². The molecule has 5 nitrogen and oxygen atoms in total. The second-order valence-electron chi connectivity index (χ2n) is 5.93. The van der Waals surface area contributed by atoms with Crippen LogP contribution in [0.15, 0.2) is 29.1 Å². The summed E-state index contributed by atoms with van der Waals surface area (Å²) in [5.74, 6) is 6.73. The van der Waals surface area contributed by atoms with Crippen LogP contribution in [0.25, 0.3) is 11.4 Å². The van der Waals surface area contributed by atoms with Gasteiger partial charge in [0.15, 0.2) is 0 Å². The largest absolute Gasteiger partial charge is 0.306 e. The minimum atomic E-state index is -0.0606. The van der Waals surface area contributed by atoms with Crippen molar-refractivity contribution in [2.24, 2.45) is 5.84 Å². The Morgan fingerprint density at radius 3 is 2.83 bits per heavy atom. The van der Waals surface area contributed by atoms with Gasteiger partial charge in [-0.05, 0) is 37.1 Å². The summed E-state index contributed by atoms with van der Waals surface area (Å²) in [7, 11) is 0. The smallest absolute Gasteiger partial charge is 0.254 e. The predicted octanol–water partition coefficient (Wildman–Crippen LogP) is 3.05. The highest BCUT2D eigenvalue weighted by atomic mass is 35.5. The van der Waals surface area contributed by atoms with Gasteiger partial charge in [0.05, 0.1) is 11.7 Å². The molecule has 1 aromatic carbocycles. The van der Waals surface area contributed by atoms with Gasteiger partial charge in [-0.1, -0.05) is 31.4 Å². The number of nitrogens with zero attached hydrogens (tertiary/aromatic N) is 2. The van der Waals surface area contributed by atoms with Crippen molar-refractivity contribution in [2.75, 3.05) is 6.54 Å².